The normalized spacial score (nSPS) is 10.6. The second kappa shape index (κ2) is 8.92. The van der Waals surface area contributed by atoms with Gasteiger partial charge in [-0.05, 0) is 42.7 Å². The molecule has 7 heteroatoms. The number of benzene rings is 1. The van der Waals surface area contributed by atoms with Crippen LogP contribution < -0.4 is 4.74 Å². The zero-order valence-electron chi connectivity index (χ0n) is 12.4. The molecule has 1 aromatic heterocycles. The van der Waals surface area contributed by atoms with Crippen LogP contribution in [-0.4, -0.2) is 25.0 Å². The number of hydrogen-bond acceptors (Lipinski definition) is 4. The van der Waals surface area contributed by atoms with E-state index in [9.17, 15) is 4.79 Å². The molecule has 1 aromatic carbocycles. The van der Waals surface area contributed by atoms with Crippen LogP contribution in [-0.2, 0) is 4.74 Å². The fourth-order valence-electron chi connectivity index (χ4n) is 2.00. The number of methoxy groups -OCH3 is 1. The number of ether oxygens (including phenoxy) is 2. The molecule has 2 aromatic rings. The Labute approximate surface area is 157 Å². The third-order valence-electron chi connectivity index (χ3n) is 3.09. The van der Waals surface area contributed by atoms with Gasteiger partial charge in [-0.2, -0.15) is 0 Å². The lowest BCUT2D eigenvalue weighted by atomic mass is 10.1. The van der Waals surface area contributed by atoms with Crippen molar-refractivity contribution in [2.24, 2.45) is 0 Å². The Kier molecular flexibility index (Phi) is 7.21. The van der Waals surface area contributed by atoms with Gasteiger partial charge in [-0.25, -0.2) is 4.79 Å². The van der Waals surface area contributed by atoms with E-state index in [4.69, 9.17) is 32.7 Å². The van der Waals surface area contributed by atoms with Gasteiger partial charge in [0.2, 0.25) is 0 Å². The van der Waals surface area contributed by atoms with Crippen LogP contribution in [0.15, 0.2) is 24.3 Å². The molecule has 0 radical (unpaired) electrons. The first-order chi connectivity index (χ1) is 11.0. The largest absolute Gasteiger partial charge is 0.494 e. The Morgan fingerprint density at radius 1 is 1.22 bits per heavy atom. The summed E-state index contributed by atoms with van der Waals surface area (Å²) in [5.74, 6) is 0.186. The molecule has 0 aliphatic rings. The first-order valence-electron chi connectivity index (χ1n) is 6.92. The Morgan fingerprint density at radius 3 is 2.61 bits per heavy atom. The molecule has 0 saturated heterocycles. The van der Waals surface area contributed by atoms with Crippen LogP contribution >= 0.6 is 50.5 Å². The van der Waals surface area contributed by atoms with Gasteiger partial charge in [0.25, 0.3) is 0 Å². The first kappa shape index (κ1) is 18.6. The molecule has 1 heterocycles. The number of alkyl halides is 1. The van der Waals surface area contributed by atoms with Crippen LogP contribution in [0.1, 0.15) is 23.2 Å². The molecular weight excluding hydrogens is 423 g/mol. The van der Waals surface area contributed by atoms with E-state index in [-0.39, 0.29) is 0 Å². The topological polar surface area (TPSA) is 35.5 Å². The van der Waals surface area contributed by atoms with Crippen LogP contribution in [0, 0.1) is 0 Å². The Morgan fingerprint density at radius 2 is 2.00 bits per heavy atom. The number of carbonyl (C=O) groups excluding carboxylic acids is 1. The minimum atomic E-state index is -0.422. The fourth-order valence-corrected chi connectivity index (χ4v) is 3.90. The molecule has 0 bridgehead atoms. The highest BCUT2D eigenvalue weighted by Gasteiger charge is 2.14. The molecule has 0 amide bonds. The predicted molar refractivity (Wildman–Crippen MR) is 99.6 cm³/mol. The van der Waals surface area contributed by atoms with Gasteiger partial charge >= 0.3 is 5.97 Å². The summed E-state index contributed by atoms with van der Waals surface area (Å²) in [5.41, 5.74) is 1.97. The van der Waals surface area contributed by atoms with E-state index < -0.39 is 5.97 Å². The van der Waals surface area contributed by atoms with Crippen LogP contribution in [0.2, 0.25) is 8.67 Å². The minimum Gasteiger partial charge on any atom is -0.494 e. The van der Waals surface area contributed by atoms with Crippen LogP contribution in [0.3, 0.4) is 0 Å². The van der Waals surface area contributed by atoms with Crippen molar-refractivity contribution in [3.8, 4) is 16.9 Å². The number of halogens is 3. The third kappa shape index (κ3) is 5.11. The molecule has 0 saturated carbocycles. The highest BCUT2D eigenvalue weighted by molar-refractivity contribution is 9.09. The SMILES string of the molecule is COC(=O)c1cc(OCCCCBr)cc(-c2cc(Cl)sc2Cl)c1. The number of thiophene rings is 1. The molecule has 0 fully saturated rings. The summed E-state index contributed by atoms with van der Waals surface area (Å²) in [5, 5.41) is 0.937. The molecule has 0 spiro atoms. The molecule has 3 nitrogen and oxygen atoms in total. The van der Waals surface area contributed by atoms with Gasteiger partial charge in [0.05, 0.1) is 23.6 Å². The average Bonchev–Trinajstić information content (AvgIpc) is 2.89. The van der Waals surface area contributed by atoms with Crippen molar-refractivity contribution in [1.29, 1.82) is 0 Å². The zero-order valence-corrected chi connectivity index (χ0v) is 16.3. The summed E-state index contributed by atoms with van der Waals surface area (Å²) in [6, 6.07) is 7.02. The second-order valence-electron chi connectivity index (χ2n) is 4.72. The van der Waals surface area contributed by atoms with Crippen molar-refractivity contribution >= 4 is 56.4 Å². The monoisotopic (exact) mass is 436 g/mol. The van der Waals surface area contributed by atoms with Gasteiger partial charge in [0.1, 0.15) is 10.1 Å². The summed E-state index contributed by atoms with van der Waals surface area (Å²) in [6.45, 7) is 0.577. The van der Waals surface area contributed by atoms with Gasteiger partial charge < -0.3 is 9.47 Å². The van der Waals surface area contributed by atoms with Crippen molar-refractivity contribution in [1.82, 2.24) is 0 Å². The average molecular weight is 438 g/mol. The summed E-state index contributed by atoms with van der Waals surface area (Å²) in [4.78, 5) is 11.9. The lowest BCUT2D eigenvalue weighted by molar-refractivity contribution is 0.0600. The molecule has 0 unspecified atom stereocenters. The van der Waals surface area contributed by atoms with E-state index in [1.165, 1.54) is 18.4 Å². The number of unbranched alkanes of at least 4 members (excludes halogenated alkanes) is 1. The second-order valence-corrected chi connectivity index (χ2v) is 7.80. The van der Waals surface area contributed by atoms with Gasteiger partial charge in [-0.1, -0.05) is 39.1 Å². The van der Waals surface area contributed by atoms with Crippen molar-refractivity contribution in [2.45, 2.75) is 12.8 Å². The van der Waals surface area contributed by atoms with E-state index in [1.54, 1.807) is 18.2 Å². The van der Waals surface area contributed by atoms with Crippen molar-refractivity contribution < 1.29 is 14.3 Å². The maximum absolute atomic E-state index is 11.9. The minimum absolute atomic E-state index is 0.416. The molecule has 0 aliphatic carbocycles. The van der Waals surface area contributed by atoms with Gasteiger partial charge in [-0.3, -0.25) is 0 Å². The van der Waals surface area contributed by atoms with Crippen molar-refractivity contribution in [3.05, 3.63) is 38.5 Å². The van der Waals surface area contributed by atoms with E-state index in [1.807, 2.05) is 6.07 Å². The number of carbonyl (C=O) groups is 1. The van der Waals surface area contributed by atoms with E-state index >= 15 is 0 Å². The molecule has 23 heavy (non-hydrogen) atoms. The van der Waals surface area contributed by atoms with Crippen molar-refractivity contribution in [2.75, 3.05) is 19.0 Å². The van der Waals surface area contributed by atoms with E-state index in [0.717, 1.165) is 29.3 Å². The molecular formula is C16H15BrCl2O3S. The van der Waals surface area contributed by atoms with Gasteiger partial charge in [-0.15, -0.1) is 11.3 Å². The molecule has 0 aliphatic heterocycles. The maximum Gasteiger partial charge on any atom is 0.338 e. The molecule has 124 valence electrons. The summed E-state index contributed by atoms with van der Waals surface area (Å²) < 4.78 is 11.7. The summed E-state index contributed by atoms with van der Waals surface area (Å²) in [7, 11) is 1.35. The molecule has 0 N–H and O–H groups in total. The molecule has 2 rings (SSSR count). The Balaban J connectivity index is 2.33. The van der Waals surface area contributed by atoms with Crippen LogP contribution in [0.25, 0.3) is 11.1 Å². The molecule has 0 atom stereocenters. The van der Waals surface area contributed by atoms with Crippen LogP contribution in [0.5, 0.6) is 5.75 Å². The smallest absolute Gasteiger partial charge is 0.338 e. The lowest BCUT2D eigenvalue weighted by Gasteiger charge is -2.10. The van der Waals surface area contributed by atoms with E-state index in [2.05, 4.69) is 15.9 Å². The highest BCUT2D eigenvalue weighted by atomic mass is 79.9. The predicted octanol–water partition coefficient (Wildman–Crippen LogP) is 6.06. The number of rotatable bonds is 7. The maximum atomic E-state index is 11.9. The number of hydrogen-bond donors (Lipinski definition) is 0. The standard InChI is InChI=1S/C16H15BrCl2O3S/c1-21-16(20)11-6-10(13-9-14(18)23-15(13)19)7-12(8-11)22-5-3-2-4-17/h6-9H,2-5H2,1H3. The Hall–Kier alpha value is -0.750. The van der Waals surface area contributed by atoms with Crippen LogP contribution in [0.4, 0.5) is 0 Å². The van der Waals surface area contributed by atoms with E-state index in [0.29, 0.717) is 26.6 Å². The van der Waals surface area contributed by atoms with Gasteiger partial charge in [0, 0.05) is 10.9 Å². The lowest BCUT2D eigenvalue weighted by Crippen LogP contribution is -2.04. The fraction of sp³-hybridized carbons (Fsp3) is 0.312. The summed E-state index contributed by atoms with van der Waals surface area (Å²) >= 11 is 16.9. The summed E-state index contributed by atoms with van der Waals surface area (Å²) in [6.07, 6.45) is 1.95. The number of esters is 1. The van der Waals surface area contributed by atoms with Crippen molar-refractivity contribution in [3.63, 3.8) is 0 Å². The Bertz CT molecular complexity index is 688. The van der Waals surface area contributed by atoms with Gasteiger partial charge in [0.15, 0.2) is 0 Å². The highest BCUT2D eigenvalue weighted by Crippen LogP contribution is 2.39. The zero-order chi connectivity index (χ0) is 16.8. The quantitative estimate of drug-likeness (QED) is 0.300. The third-order valence-corrected chi connectivity index (χ3v) is 5.14. The first-order valence-corrected chi connectivity index (χ1v) is 9.62.